The average molecular weight is 390 g/mol. The fourth-order valence-corrected chi connectivity index (χ4v) is 3.60. The van der Waals surface area contributed by atoms with Crippen LogP contribution in [0.25, 0.3) is 10.8 Å². The Hall–Kier alpha value is -3.35. The van der Waals surface area contributed by atoms with Crippen LogP contribution in [0.3, 0.4) is 0 Å². The maximum atomic E-state index is 5.30. The van der Waals surface area contributed by atoms with Gasteiger partial charge in [-0.3, -0.25) is 4.99 Å². The number of anilines is 1. The number of aliphatic imine (C=N–C) groups is 1. The van der Waals surface area contributed by atoms with Crippen LogP contribution in [0.4, 0.5) is 5.95 Å². The van der Waals surface area contributed by atoms with Crippen molar-refractivity contribution in [3.8, 4) is 5.75 Å². The van der Waals surface area contributed by atoms with Crippen LogP contribution < -0.4 is 15.0 Å². The molecule has 29 heavy (non-hydrogen) atoms. The van der Waals surface area contributed by atoms with Gasteiger partial charge in [0.2, 0.25) is 5.95 Å². The van der Waals surface area contributed by atoms with E-state index in [-0.39, 0.29) is 0 Å². The number of piperazine rings is 1. The molecule has 3 aromatic rings. The molecule has 0 spiro atoms. The molecule has 0 atom stereocenters. The molecular weight excluding hydrogens is 364 g/mol. The van der Waals surface area contributed by atoms with E-state index in [0.29, 0.717) is 0 Å². The van der Waals surface area contributed by atoms with Crippen LogP contribution in [0.15, 0.2) is 59.9 Å². The fourth-order valence-electron chi connectivity index (χ4n) is 3.60. The number of methoxy groups -OCH3 is 1. The van der Waals surface area contributed by atoms with Gasteiger partial charge in [-0.2, -0.15) is 0 Å². The van der Waals surface area contributed by atoms with Gasteiger partial charge < -0.3 is 19.9 Å². The molecule has 0 saturated carbocycles. The van der Waals surface area contributed by atoms with E-state index in [9.17, 15) is 0 Å². The monoisotopic (exact) mass is 390 g/mol. The summed E-state index contributed by atoms with van der Waals surface area (Å²) >= 11 is 0. The summed E-state index contributed by atoms with van der Waals surface area (Å²) in [6.45, 7) is 4.26. The highest BCUT2D eigenvalue weighted by Gasteiger charge is 2.20. The molecule has 150 valence electrons. The van der Waals surface area contributed by atoms with Crippen molar-refractivity contribution in [1.29, 1.82) is 0 Å². The first-order chi connectivity index (χ1) is 14.3. The molecule has 1 aliphatic rings. The number of guanidine groups is 1. The lowest BCUT2D eigenvalue weighted by molar-refractivity contribution is 0.370. The third-order valence-electron chi connectivity index (χ3n) is 5.19. The Morgan fingerprint density at radius 2 is 1.76 bits per heavy atom. The third-order valence-corrected chi connectivity index (χ3v) is 5.19. The Balaban J connectivity index is 1.36. The van der Waals surface area contributed by atoms with Gasteiger partial charge in [-0.25, -0.2) is 9.97 Å². The van der Waals surface area contributed by atoms with Gasteiger partial charge in [0.15, 0.2) is 5.96 Å². The van der Waals surface area contributed by atoms with Crippen molar-refractivity contribution in [3.05, 3.63) is 60.4 Å². The largest absolute Gasteiger partial charge is 0.497 e. The van der Waals surface area contributed by atoms with Crippen LogP contribution in [0, 0.1) is 0 Å². The Kier molecular flexibility index (Phi) is 5.74. The fraction of sp³-hybridized carbons (Fsp3) is 0.318. The lowest BCUT2D eigenvalue weighted by Gasteiger charge is -2.36. The summed E-state index contributed by atoms with van der Waals surface area (Å²) in [4.78, 5) is 17.7. The molecule has 0 radical (unpaired) electrons. The summed E-state index contributed by atoms with van der Waals surface area (Å²) in [5.74, 6) is 2.60. The molecule has 1 aliphatic heterocycles. The molecule has 2 heterocycles. The lowest BCUT2D eigenvalue weighted by Crippen LogP contribution is -2.52. The second-order valence-corrected chi connectivity index (χ2v) is 6.97. The number of benzene rings is 2. The van der Waals surface area contributed by atoms with Crippen molar-refractivity contribution in [2.45, 2.75) is 6.54 Å². The first kappa shape index (κ1) is 19.0. The molecule has 4 rings (SSSR count). The average Bonchev–Trinajstić information content (AvgIpc) is 2.80. The Labute approximate surface area is 171 Å². The smallest absolute Gasteiger partial charge is 0.225 e. The van der Waals surface area contributed by atoms with E-state index >= 15 is 0 Å². The van der Waals surface area contributed by atoms with Gasteiger partial charge in [-0.15, -0.1) is 0 Å². The number of nitrogens with zero attached hydrogens (tertiary/aromatic N) is 5. The zero-order valence-electron chi connectivity index (χ0n) is 16.9. The van der Waals surface area contributed by atoms with Crippen LogP contribution in [0.5, 0.6) is 5.75 Å². The molecule has 0 bridgehead atoms. The number of hydrogen-bond donors (Lipinski definition) is 1. The van der Waals surface area contributed by atoms with E-state index < -0.39 is 0 Å². The van der Waals surface area contributed by atoms with Crippen molar-refractivity contribution < 1.29 is 4.74 Å². The first-order valence-electron chi connectivity index (χ1n) is 9.81. The minimum absolute atomic E-state index is 0.733. The van der Waals surface area contributed by atoms with Crippen molar-refractivity contribution in [2.24, 2.45) is 4.99 Å². The molecule has 7 nitrogen and oxygen atoms in total. The van der Waals surface area contributed by atoms with Crippen molar-refractivity contribution in [2.75, 3.05) is 45.2 Å². The standard InChI is InChI=1S/C22H26N6O/c1-23-21(27-10-12-28(13-11-27)22-24-8-3-9-25-22)26-16-17-4-5-19-15-20(29-2)7-6-18(19)14-17/h3-9,14-15H,10-13,16H2,1-2H3,(H,23,26). The van der Waals surface area contributed by atoms with E-state index in [4.69, 9.17) is 4.74 Å². The van der Waals surface area contributed by atoms with E-state index in [1.807, 2.05) is 19.2 Å². The molecular formula is C22H26N6O. The second-order valence-electron chi connectivity index (χ2n) is 6.97. The summed E-state index contributed by atoms with van der Waals surface area (Å²) < 4.78 is 5.30. The van der Waals surface area contributed by atoms with E-state index in [1.54, 1.807) is 19.5 Å². The molecule has 0 amide bonds. The number of hydrogen-bond acceptors (Lipinski definition) is 5. The van der Waals surface area contributed by atoms with Crippen LogP contribution in [-0.4, -0.2) is 61.2 Å². The third kappa shape index (κ3) is 4.39. The van der Waals surface area contributed by atoms with Gasteiger partial charge in [-0.05, 0) is 40.6 Å². The number of fused-ring (bicyclic) bond motifs is 1. The molecule has 0 unspecified atom stereocenters. The van der Waals surface area contributed by atoms with E-state index in [0.717, 1.165) is 50.4 Å². The Morgan fingerprint density at radius 3 is 2.48 bits per heavy atom. The first-order valence-corrected chi connectivity index (χ1v) is 9.81. The predicted octanol–water partition coefficient (Wildman–Crippen LogP) is 2.54. The van der Waals surface area contributed by atoms with E-state index in [1.165, 1.54) is 16.3 Å². The number of aromatic nitrogens is 2. The highest BCUT2D eigenvalue weighted by molar-refractivity contribution is 5.85. The maximum Gasteiger partial charge on any atom is 0.225 e. The summed E-state index contributed by atoms with van der Waals surface area (Å²) in [6, 6.07) is 14.5. The summed E-state index contributed by atoms with van der Waals surface area (Å²) in [5, 5.41) is 5.88. The van der Waals surface area contributed by atoms with Gasteiger partial charge in [-0.1, -0.05) is 18.2 Å². The zero-order valence-corrected chi connectivity index (χ0v) is 16.9. The van der Waals surface area contributed by atoms with Crippen molar-refractivity contribution >= 4 is 22.7 Å². The molecule has 1 fully saturated rings. The highest BCUT2D eigenvalue weighted by Crippen LogP contribution is 2.22. The molecule has 1 N–H and O–H groups in total. The zero-order chi connectivity index (χ0) is 20.1. The van der Waals surface area contributed by atoms with Crippen molar-refractivity contribution in [3.63, 3.8) is 0 Å². The molecule has 2 aromatic carbocycles. The normalized spacial score (nSPS) is 14.9. The predicted molar refractivity (Wildman–Crippen MR) is 117 cm³/mol. The van der Waals surface area contributed by atoms with Crippen LogP contribution in [0.1, 0.15) is 5.56 Å². The van der Waals surface area contributed by atoms with Crippen molar-refractivity contribution in [1.82, 2.24) is 20.2 Å². The molecule has 7 heteroatoms. The topological polar surface area (TPSA) is 65.9 Å². The maximum absolute atomic E-state index is 5.30. The number of nitrogens with one attached hydrogen (secondary N) is 1. The second kappa shape index (κ2) is 8.77. The van der Waals surface area contributed by atoms with Gasteiger partial charge in [0.1, 0.15) is 5.75 Å². The summed E-state index contributed by atoms with van der Waals surface area (Å²) in [5.41, 5.74) is 1.22. The van der Waals surface area contributed by atoms with Gasteiger partial charge in [0.05, 0.1) is 7.11 Å². The Bertz CT molecular complexity index is 983. The highest BCUT2D eigenvalue weighted by atomic mass is 16.5. The van der Waals surface area contributed by atoms with Crippen LogP contribution >= 0.6 is 0 Å². The molecule has 1 aromatic heterocycles. The molecule has 1 saturated heterocycles. The number of rotatable bonds is 4. The summed E-state index contributed by atoms with van der Waals surface area (Å²) in [7, 11) is 3.53. The Morgan fingerprint density at radius 1 is 1.03 bits per heavy atom. The quantitative estimate of drug-likeness (QED) is 0.546. The SMILES string of the molecule is CN=C(NCc1ccc2cc(OC)ccc2c1)N1CCN(c2ncccn2)CC1. The minimum atomic E-state index is 0.733. The summed E-state index contributed by atoms with van der Waals surface area (Å²) in [6.07, 6.45) is 3.57. The van der Waals surface area contributed by atoms with Crippen LogP contribution in [0.2, 0.25) is 0 Å². The lowest BCUT2D eigenvalue weighted by atomic mass is 10.1. The minimum Gasteiger partial charge on any atom is -0.497 e. The van der Waals surface area contributed by atoms with Crippen LogP contribution in [-0.2, 0) is 6.54 Å². The van der Waals surface area contributed by atoms with Gasteiger partial charge >= 0.3 is 0 Å². The van der Waals surface area contributed by atoms with Gasteiger partial charge in [0.25, 0.3) is 0 Å². The molecule has 0 aliphatic carbocycles. The van der Waals surface area contributed by atoms with E-state index in [2.05, 4.69) is 60.4 Å². The number of ether oxygens (including phenoxy) is 1. The van der Waals surface area contributed by atoms with Gasteiger partial charge in [0, 0.05) is 52.2 Å².